The zero-order chi connectivity index (χ0) is 13.1. The Labute approximate surface area is 106 Å². The molecule has 4 unspecified atom stereocenters. The van der Waals surface area contributed by atoms with Crippen molar-refractivity contribution in [2.75, 3.05) is 6.26 Å². The lowest BCUT2D eigenvalue weighted by Gasteiger charge is -2.32. The van der Waals surface area contributed by atoms with Crippen LogP contribution in [-0.2, 0) is 9.84 Å². The molecule has 102 valence electrons. The summed E-state index contributed by atoms with van der Waals surface area (Å²) >= 11 is 0. The van der Waals surface area contributed by atoms with E-state index in [9.17, 15) is 13.5 Å². The second-order valence-electron chi connectivity index (χ2n) is 5.69. The fourth-order valence-electron chi connectivity index (χ4n) is 2.69. The summed E-state index contributed by atoms with van der Waals surface area (Å²) in [6.07, 6.45) is 6.19. The molecule has 1 N–H and O–H groups in total. The van der Waals surface area contributed by atoms with Crippen LogP contribution in [0.25, 0.3) is 0 Å². The van der Waals surface area contributed by atoms with Crippen LogP contribution in [0.15, 0.2) is 0 Å². The number of hydrogen-bond acceptors (Lipinski definition) is 3. The Hall–Kier alpha value is -0.0900. The molecule has 0 bridgehead atoms. The first kappa shape index (κ1) is 15.0. The third-order valence-electron chi connectivity index (χ3n) is 4.16. The summed E-state index contributed by atoms with van der Waals surface area (Å²) in [5.74, 6) is 0.695. The molecular formula is C13H26O3S. The Balaban J connectivity index is 2.54. The van der Waals surface area contributed by atoms with E-state index in [1.165, 1.54) is 6.26 Å². The summed E-state index contributed by atoms with van der Waals surface area (Å²) in [6, 6.07) is 0. The monoisotopic (exact) mass is 262 g/mol. The van der Waals surface area contributed by atoms with Gasteiger partial charge in [-0.1, -0.05) is 26.7 Å². The van der Waals surface area contributed by atoms with Crippen molar-refractivity contribution in [3.05, 3.63) is 0 Å². The summed E-state index contributed by atoms with van der Waals surface area (Å²) in [5.41, 5.74) is 0. The molecule has 0 radical (unpaired) electrons. The van der Waals surface area contributed by atoms with Crippen LogP contribution < -0.4 is 0 Å². The minimum absolute atomic E-state index is 0.178. The Morgan fingerprint density at radius 1 is 1.35 bits per heavy atom. The number of aliphatic hydroxyl groups excluding tert-OH is 1. The molecule has 0 aromatic carbocycles. The lowest BCUT2D eigenvalue weighted by molar-refractivity contribution is 0.0647. The molecule has 17 heavy (non-hydrogen) atoms. The zero-order valence-corrected chi connectivity index (χ0v) is 12.0. The zero-order valence-electron chi connectivity index (χ0n) is 11.2. The standard InChI is InChI=1S/C13H26O3S/c1-4-10(2)8-13(14)11-6-5-7-12(9-11)17(3,15)16/h10-14H,4-9H2,1-3H3. The quantitative estimate of drug-likeness (QED) is 0.827. The number of hydrogen-bond donors (Lipinski definition) is 1. The lowest BCUT2D eigenvalue weighted by Crippen LogP contribution is -2.33. The molecule has 0 amide bonds. The van der Waals surface area contributed by atoms with Gasteiger partial charge < -0.3 is 5.11 Å². The van der Waals surface area contributed by atoms with E-state index in [1.54, 1.807) is 0 Å². The Kier molecular flexibility index (Phi) is 5.45. The van der Waals surface area contributed by atoms with Gasteiger partial charge in [-0.3, -0.25) is 0 Å². The van der Waals surface area contributed by atoms with Gasteiger partial charge in [-0.2, -0.15) is 0 Å². The van der Waals surface area contributed by atoms with Crippen molar-refractivity contribution in [1.82, 2.24) is 0 Å². The van der Waals surface area contributed by atoms with Crippen LogP contribution in [0.5, 0.6) is 0 Å². The van der Waals surface area contributed by atoms with Crippen LogP contribution in [0.1, 0.15) is 52.4 Å². The van der Waals surface area contributed by atoms with Gasteiger partial charge in [0, 0.05) is 6.26 Å². The largest absolute Gasteiger partial charge is 0.393 e. The number of aliphatic hydroxyl groups is 1. The maximum absolute atomic E-state index is 11.6. The fraction of sp³-hybridized carbons (Fsp3) is 1.00. The number of sulfone groups is 1. The molecule has 0 heterocycles. The topological polar surface area (TPSA) is 54.4 Å². The molecule has 0 aromatic rings. The van der Waals surface area contributed by atoms with Crippen molar-refractivity contribution in [3.63, 3.8) is 0 Å². The Bertz CT molecular complexity index is 324. The molecule has 1 rings (SSSR count). The van der Waals surface area contributed by atoms with Crippen molar-refractivity contribution >= 4 is 9.84 Å². The first-order chi connectivity index (χ1) is 7.84. The van der Waals surface area contributed by atoms with Crippen LogP contribution in [0.2, 0.25) is 0 Å². The molecule has 3 nitrogen and oxygen atoms in total. The number of rotatable bonds is 5. The second kappa shape index (κ2) is 6.19. The van der Waals surface area contributed by atoms with Crippen LogP contribution in [0.3, 0.4) is 0 Å². The smallest absolute Gasteiger partial charge is 0.150 e. The van der Waals surface area contributed by atoms with E-state index in [0.717, 1.165) is 32.1 Å². The highest BCUT2D eigenvalue weighted by molar-refractivity contribution is 7.91. The van der Waals surface area contributed by atoms with Crippen molar-refractivity contribution in [1.29, 1.82) is 0 Å². The van der Waals surface area contributed by atoms with Gasteiger partial charge in [-0.05, 0) is 37.5 Å². The predicted octanol–water partition coefficient (Wildman–Crippen LogP) is 2.39. The maximum atomic E-state index is 11.6. The van der Waals surface area contributed by atoms with Gasteiger partial charge in [-0.25, -0.2) is 8.42 Å². The van der Waals surface area contributed by atoms with Crippen LogP contribution >= 0.6 is 0 Å². The van der Waals surface area contributed by atoms with E-state index < -0.39 is 9.84 Å². The average Bonchev–Trinajstić information content (AvgIpc) is 2.28. The van der Waals surface area contributed by atoms with Crippen molar-refractivity contribution in [2.24, 2.45) is 11.8 Å². The molecule has 0 aromatic heterocycles. The van der Waals surface area contributed by atoms with Crippen molar-refractivity contribution in [3.8, 4) is 0 Å². The van der Waals surface area contributed by atoms with Gasteiger partial charge >= 0.3 is 0 Å². The van der Waals surface area contributed by atoms with Crippen LogP contribution in [0.4, 0.5) is 0 Å². The molecule has 0 spiro atoms. The molecule has 1 saturated carbocycles. The van der Waals surface area contributed by atoms with Crippen LogP contribution in [0, 0.1) is 11.8 Å². The van der Waals surface area contributed by atoms with Crippen molar-refractivity contribution in [2.45, 2.75) is 63.7 Å². The van der Waals surface area contributed by atoms with Gasteiger partial charge in [-0.15, -0.1) is 0 Å². The Morgan fingerprint density at radius 3 is 2.53 bits per heavy atom. The molecule has 0 saturated heterocycles. The average molecular weight is 262 g/mol. The van der Waals surface area contributed by atoms with Gasteiger partial charge in [0.05, 0.1) is 11.4 Å². The maximum Gasteiger partial charge on any atom is 0.150 e. The predicted molar refractivity (Wildman–Crippen MR) is 70.7 cm³/mol. The highest BCUT2D eigenvalue weighted by atomic mass is 32.2. The summed E-state index contributed by atoms with van der Waals surface area (Å²) in [6.45, 7) is 4.26. The van der Waals surface area contributed by atoms with Gasteiger partial charge in [0.15, 0.2) is 0 Å². The molecule has 0 aliphatic heterocycles. The van der Waals surface area contributed by atoms with Gasteiger partial charge in [0.1, 0.15) is 9.84 Å². The summed E-state index contributed by atoms with van der Waals surface area (Å²) in [5, 5.41) is 9.94. The summed E-state index contributed by atoms with van der Waals surface area (Å²) in [4.78, 5) is 0. The van der Waals surface area contributed by atoms with Crippen LogP contribution in [-0.4, -0.2) is 31.1 Å². The highest BCUT2D eigenvalue weighted by Gasteiger charge is 2.32. The molecule has 1 aliphatic rings. The molecule has 1 aliphatic carbocycles. The first-order valence-corrected chi connectivity index (χ1v) is 8.67. The summed E-state index contributed by atoms with van der Waals surface area (Å²) < 4.78 is 23.1. The molecular weight excluding hydrogens is 236 g/mol. The minimum Gasteiger partial charge on any atom is -0.393 e. The van der Waals surface area contributed by atoms with E-state index in [0.29, 0.717) is 12.3 Å². The molecule has 4 heteroatoms. The van der Waals surface area contributed by atoms with Gasteiger partial charge in [0.2, 0.25) is 0 Å². The van der Waals surface area contributed by atoms with E-state index in [4.69, 9.17) is 0 Å². The Morgan fingerprint density at radius 2 is 2.00 bits per heavy atom. The fourth-order valence-corrected chi connectivity index (χ4v) is 3.88. The van der Waals surface area contributed by atoms with E-state index in [1.807, 2.05) is 0 Å². The SMILES string of the molecule is CCC(C)CC(O)C1CCCC(S(C)(=O)=O)C1. The molecule has 1 fully saturated rings. The third-order valence-corrected chi connectivity index (χ3v) is 5.80. The lowest BCUT2D eigenvalue weighted by atomic mass is 9.81. The van der Waals surface area contributed by atoms with E-state index in [-0.39, 0.29) is 17.3 Å². The van der Waals surface area contributed by atoms with E-state index >= 15 is 0 Å². The summed E-state index contributed by atoms with van der Waals surface area (Å²) in [7, 11) is -2.94. The molecule has 4 atom stereocenters. The minimum atomic E-state index is -2.94. The normalized spacial score (nSPS) is 29.9. The van der Waals surface area contributed by atoms with E-state index in [2.05, 4.69) is 13.8 Å². The van der Waals surface area contributed by atoms with Gasteiger partial charge in [0.25, 0.3) is 0 Å². The highest BCUT2D eigenvalue weighted by Crippen LogP contribution is 2.32. The third kappa shape index (κ3) is 4.59. The second-order valence-corrected chi connectivity index (χ2v) is 8.02. The first-order valence-electron chi connectivity index (χ1n) is 6.71. The van der Waals surface area contributed by atoms with Crippen molar-refractivity contribution < 1.29 is 13.5 Å².